The van der Waals surface area contributed by atoms with Crippen molar-refractivity contribution in [1.29, 1.82) is 0 Å². The zero-order valence-electron chi connectivity index (χ0n) is 12.7. The predicted octanol–water partition coefficient (Wildman–Crippen LogP) is 0.877. The topological polar surface area (TPSA) is 120 Å². The van der Waals surface area contributed by atoms with Crippen molar-refractivity contribution in [3.63, 3.8) is 0 Å². The van der Waals surface area contributed by atoms with Crippen LogP contribution in [0, 0.1) is 0 Å². The minimum atomic E-state index is -1.26. The first-order valence-corrected chi connectivity index (χ1v) is 6.89. The van der Waals surface area contributed by atoms with Crippen LogP contribution in [0.5, 0.6) is 0 Å². The van der Waals surface area contributed by atoms with Crippen LogP contribution in [0.25, 0.3) is 11.2 Å². The third-order valence-corrected chi connectivity index (χ3v) is 2.80. The van der Waals surface area contributed by atoms with E-state index < -0.39 is 23.9 Å². The number of fused-ring (bicyclic) bond motifs is 1. The second-order valence-corrected chi connectivity index (χ2v) is 5.90. The number of aromatic amines is 1. The summed E-state index contributed by atoms with van der Waals surface area (Å²) in [5.41, 5.74) is 0.782. The van der Waals surface area contributed by atoms with Crippen molar-refractivity contribution >= 4 is 17.3 Å². The Hall–Kier alpha value is -2.19. The molecule has 0 aromatic carbocycles. The molecule has 8 nitrogen and oxygen atoms in total. The summed E-state index contributed by atoms with van der Waals surface area (Å²) in [5.74, 6) is 0. The van der Waals surface area contributed by atoms with Gasteiger partial charge in [0, 0.05) is 12.7 Å². The molecule has 0 radical (unpaired) electrons. The Balaban J connectivity index is 1.94. The van der Waals surface area contributed by atoms with E-state index in [1.165, 1.54) is 6.20 Å². The average Bonchev–Trinajstić information content (AvgIpc) is 2.89. The van der Waals surface area contributed by atoms with Crippen molar-refractivity contribution in [3.05, 3.63) is 24.2 Å². The highest BCUT2D eigenvalue weighted by atomic mass is 16.6. The number of amides is 1. The number of alkyl carbamates (subject to hydrolysis) is 1. The number of rotatable bonds is 4. The minimum absolute atomic E-state index is 0.164. The Morgan fingerprint density at radius 3 is 2.86 bits per heavy atom. The van der Waals surface area contributed by atoms with Gasteiger partial charge in [-0.05, 0) is 26.8 Å². The number of aromatic nitrogens is 3. The average molecular weight is 308 g/mol. The Morgan fingerprint density at radius 2 is 2.18 bits per heavy atom. The van der Waals surface area contributed by atoms with Gasteiger partial charge in [-0.25, -0.2) is 14.8 Å². The lowest BCUT2D eigenvalue weighted by Crippen LogP contribution is -2.39. The number of aliphatic hydroxyl groups excluding tert-OH is 2. The van der Waals surface area contributed by atoms with Gasteiger partial charge in [0.05, 0.1) is 11.9 Å². The van der Waals surface area contributed by atoms with Gasteiger partial charge in [-0.2, -0.15) is 0 Å². The summed E-state index contributed by atoms with van der Waals surface area (Å²) in [6.45, 7) is 5.04. The molecular formula is C14H20N4O4. The smallest absolute Gasteiger partial charge is 0.407 e. The van der Waals surface area contributed by atoms with E-state index >= 15 is 0 Å². The summed E-state index contributed by atoms with van der Waals surface area (Å²) in [4.78, 5) is 22.7. The molecule has 8 heteroatoms. The third kappa shape index (κ3) is 4.15. The standard InChI is InChI=1S/C14H20N4O4/c1-14(2,3)22-13(21)17-7-10(19)11(20)9-6-16-12-8(18-9)4-5-15-12/h4-6,10-11,19-20H,7H2,1-3H3,(H,15,16)(H,17,21). The maximum Gasteiger partial charge on any atom is 0.407 e. The van der Waals surface area contributed by atoms with Crippen LogP contribution in [0.3, 0.4) is 0 Å². The number of carbonyl (C=O) groups is 1. The quantitative estimate of drug-likeness (QED) is 0.665. The van der Waals surface area contributed by atoms with E-state index in [0.29, 0.717) is 11.2 Å². The number of aliphatic hydroxyl groups is 2. The molecule has 0 spiro atoms. The zero-order chi connectivity index (χ0) is 16.3. The predicted molar refractivity (Wildman–Crippen MR) is 79.1 cm³/mol. The maximum atomic E-state index is 11.5. The molecule has 2 aromatic rings. The second kappa shape index (κ2) is 6.29. The molecule has 0 aliphatic heterocycles. The van der Waals surface area contributed by atoms with Crippen molar-refractivity contribution < 1.29 is 19.7 Å². The monoisotopic (exact) mass is 308 g/mol. The molecule has 0 aliphatic carbocycles. The third-order valence-electron chi connectivity index (χ3n) is 2.80. The molecule has 2 atom stereocenters. The fourth-order valence-electron chi connectivity index (χ4n) is 1.80. The van der Waals surface area contributed by atoms with Gasteiger partial charge >= 0.3 is 6.09 Å². The number of nitrogens with one attached hydrogen (secondary N) is 2. The molecule has 2 heterocycles. The number of ether oxygens (including phenoxy) is 1. The summed E-state index contributed by atoms with van der Waals surface area (Å²) in [5, 5.41) is 22.4. The Kier molecular flexibility index (Phi) is 4.62. The van der Waals surface area contributed by atoms with E-state index in [-0.39, 0.29) is 12.2 Å². The number of hydrogen-bond acceptors (Lipinski definition) is 6. The second-order valence-electron chi connectivity index (χ2n) is 5.90. The number of hydrogen-bond donors (Lipinski definition) is 4. The van der Waals surface area contributed by atoms with E-state index in [4.69, 9.17) is 4.74 Å². The van der Waals surface area contributed by atoms with Gasteiger partial charge in [-0.3, -0.25) is 0 Å². The molecule has 0 aliphatic rings. The van der Waals surface area contributed by atoms with Gasteiger partial charge in [-0.1, -0.05) is 0 Å². The Morgan fingerprint density at radius 1 is 1.45 bits per heavy atom. The molecule has 2 rings (SSSR count). The lowest BCUT2D eigenvalue weighted by Gasteiger charge is -2.21. The van der Waals surface area contributed by atoms with Crippen LogP contribution in [0.4, 0.5) is 4.79 Å². The highest BCUT2D eigenvalue weighted by molar-refractivity contribution is 5.70. The fourth-order valence-corrected chi connectivity index (χ4v) is 1.80. The molecule has 120 valence electrons. The van der Waals surface area contributed by atoms with Crippen LogP contribution in [-0.2, 0) is 4.74 Å². The first kappa shape index (κ1) is 16.2. The van der Waals surface area contributed by atoms with Crippen molar-refractivity contribution in [2.45, 2.75) is 38.6 Å². The van der Waals surface area contributed by atoms with Gasteiger partial charge in [0.1, 0.15) is 23.3 Å². The van der Waals surface area contributed by atoms with Gasteiger partial charge in [0.15, 0.2) is 5.65 Å². The first-order valence-electron chi connectivity index (χ1n) is 6.89. The van der Waals surface area contributed by atoms with Crippen LogP contribution < -0.4 is 5.32 Å². The molecule has 0 saturated heterocycles. The van der Waals surface area contributed by atoms with Crippen molar-refractivity contribution in [3.8, 4) is 0 Å². The minimum Gasteiger partial charge on any atom is -0.444 e. The molecule has 0 bridgehead atoms. The van der Waals surface area contributed by atoms with Crippen LogP contribution in [-0.4, -0.2) is 49.5 Å². The van der Waals surface area contributed by atoms with E-state index in [9.17, 15) is 15.0 Å². The molecular weight excluding hydrogens is 288 g/mol. The van der Waals surface area contributed by atoms with Gasteiger partial charge < -0.3 is 25.3 Å². The molecule has 0 saturated carbocycles. The molecule has 0 fully saturated rings. The van der Waals surface area contributed by atoms with Gasteiger partial charge in [0.2, 0.25) is 0 Å². The summed E-state index contributed by atoms with van der Waals surface area (Å²) in [6, 6.07) is 1.71. The van der Waals surface area contributed by atoms with Crippen LogP contribution in [0.1, 0.15) is 32.6 Å². The van der Waals surface area contributed by atoms with Gasteiger partial charge in [0.25, 0.3) is 0 Å². The number of nitrogens with zero attached hydrogens (tertiary/aromatic N) is 2. The summed E-state index contributed by atoms with van der Waals surface area (Å²) in [6.07, 6.45) is -0.0903. The van der Waals surface area contributed by atoms with Crippen molar-refractivity contribution in [2.75, 3.05) is 6.54 Å². The molecule has 4 N–H and O–H groups in total. The van der Waals surface area contributed by atoms with E-state index in [2.05, 4.69) is 20.3 Å². The SMILES string of the molecule is CC(C)(C)OC(=O)NCC(O)C(O)c1cnc2[nH]ccc2n1. The molecule has 22 heavy (non-hydrogen) atoms. The maximum absolute atomic E-state index is 11.5. The Labute approximate surface area is 127 Å². The van der Waals surface area contributed by atoms with E-state index in [0.717, 1.165) is 0 Å². The molecule has 2 unspecified atom stereocenters. The lowest BCUT2D eigenvalue weighted by molar-refractivity contribution is 0.0108. The normalized spacial score (nSPS) is 14.6. The largest absolute Gasteiger partial charge is 0.444 e. The van der Waals surface area contributed by atoms with E-state index in [1.54, 1.807) is 33.0 Å². The molecule has 1 amide bonds. The zero-order valence-corrected chi connectivity index (χ0v) is 12.7. The van der Waals surface area contributed by atoms with Crippen molar-refractivity contribution in [2.24, 2.45) is 0 Å². The highest BCUT2D eigenvalue weighted by Crippen LogP contribution is 2.16. The van der Waals surface area contributed by atoms with E-state index in [1.807, 2.05) is 0 Å². The van der Waals surface area contributed by atoms with Crippen LogP contribution in [0.2, 0.25) is 0 Å². The molecule has 2 aromatic heterocycles. The number of carbonyl (C=O) groups excluding carboxylic acids is 1. The Bertz CT molecular complexity index is 650. The fraction of sp³-hybridized carbons (Fsp3) is 0.500. The lowest BCUT2D eigenvalue weighted by atomic mass is 10.1. The van der Waals surface area contributed by atoms with Crippen LogP contribution >= 0.6 is 0 Å². The van der Waals surface area contributed by atoms with Crippen molar-refractivity contribution in [1.82, 2.24) is 20.3 Å². The summed E-state index contributed by atoms with van der Waals surface area (Å²) in [7, 11) is 0. The summed E-state index contributed by atoms with van der Waals surface area (Å²) < 4.78 is 5.05. The van der Waals surface area contributed by atoms with Crippen LogP contribution in [0.15, 0.2) is 18.5 Å². The highest BCUT2D eigenvalue weighted by Gasteiger charge is 2.23. The summed E-state index contributed by atoms with van der Waals surface area (Å²) >= 11 is 0. The first-order chi connectivity index (χ1) is 10.3. The number of H-pyrrole nitrogens is 1. The van der Waals surface area contributed by atoms with Gasteiger partial charge in [-0.15, -0.1) is 0 Å².